The number of allylic oxidation sites excluding steroid dienone is 4. The van der Waals surface area contributed by atoms with Crippen LogP contribution in [-0.2, 0) is 19.6 Å². The zero-order valence-electron chi connectivity index (χ0n) is 23.2. The SMILES string of the molecule is CCCCCC/C=C/CCCOC(=O)c1ccc(S(=O)(=O)O)cc1C(=O)OCCC/C=C/CCCCCC. The lowest BCUT2D eigenvalue weighted by Crippen LogP contribution is -2.16. The first kappa shape index (κ1) is 33.6. The van der Waals surface area contributed by atoms with Gasteiger partial charge in [0.15, 0.2) is 0 Å². The van der Waals surface area contributed by atoms with Crippen LogP contribution < -0.4 is 0 Å². The number of carbonyl (C=O) groups is 2. The van der Waals surface area contributed by atoms with E-state index < -0.39 is 27.0 Å². The monoisotopic (exact) mass is 550 g/mol. The molecular formula is C30H46O7S. The van der Waals surface area contributed by atoms with Crippen LogP contribution in [0, 0.1) is 0 Å². The fraction of sp³-hybridized carbons (Fsp3) is 0.600. The van der Waals surface area contributed by atoms with Crippen molar-refractivity contribution >= 4 is 22.1 Å². The number of unbranched alkanes of at least 4 members (excludes halogenated alkanes) is 10. The van der Waals surface area contributed by atoms with E-state index in [9.17, 15) is 22.6 Å². The van der Waals surface area contributed by atoms with E-state index in [0.29, 0.717) is 12.8 Å². The smallest absolute Gasteiger partial charge is 0.339 e. The second-order valence-electron chi connectivity index (χ2n) is 9.38. The summed E-state index contributed by atoms with van der Waals surface area (Å²) in [6.45, 7) is 4.65. The molecule has 0 atom stereocenters. The van der Waals surface area contributed by atoms with Gasteiger partial charge in [0.2, 0.25) is 0 Å². The van der Waals surface area contributed by atoms with Gasteiger partial charge in [-0.1, -0.05) is 76.7 Å². The summed E-state index contributed by atoms with van der Waals surface area (Å²) in [5.74, 6) is -1.58. The molecule has 0 heterocycles. The first-order chi connectivity index (χ1) is 18.3. The molecule has 0 aliphatic rings. The van der Waals surface area contributed by atoms with E-state index in [1.165, 1.54) is 51.0 Å². The Morgan fingerprint density at radius 1 is 0.684 bits per heavy atom. The molecule has 38 heavy (non-hydrogen) atoms. The third kappa shape index (κ3) is 15.1. The lowest BCUT2D eigenvalue weighted by molar-refractivity contribution is 0.0453. The summed E-state index contributed by atoms with van der Waals surface area (Å²) >= 11 is 0. The molecule has 0 aliphatic heterocycles. The van der Waals surface area contributed by atoms with Gasteiger partial charge in [-0.25, -0.2) is 9.59 Å². The van der Waals surface area contributed by atoms with Crippen LogP contribution in [0.3, 0.4) is 0 Å². The van der Waals surface area contributed by atoms with Gasteiger partial charge in [0, 0.05) is 0 Å². The number of benzene rings is 1. The molecule has 0 aromatic heterocycles. The van der Waals surface area contributed by atoms with Crippen LogP contribution in [0.1, 0.15) is 124 Å². The molecular weight excluding hydrogens is 504 g/mol. The van der Waals surface area contributed by atoms with Crippen LogP contribution >= 0.6 is 0 Å². The standard InChI is InChI=1S/C30H46O7S/c1-3-5-7-9-11-13-15-17-19-23-36-29(31)27-22-21-26(38(33,34)35)25-28(27)30(32)37-24-20-18-16-14-12-10-8-6-4-2/h13-16,21-22,25H,3-12,17-20,23-24H2,1-2H3,(H,33,34,35)/b15-13+,16-14+. The van der Waals surface area contributed by atoms with Crippen LogP contribution in [-0.4, -0.2) is 38.1 Å². The molecule has 214 valence electrons. The fourth-order valence-corrected chi connectivity index (χ4v) is 4.27. The van der Waals surface area contributed by atoms with Gasteiger partial charge in [-0.2, -0.15) is 8.42 Å². The highest BCUT2D eigenvalue weighted by atomic mass is 32.2. The zero-order chi connectivity index (χ0) is 28.1. The second kappa shape index (κ2) is 20.5. The Balaban J connectivity index is 2.59. The minimum Gasteiger partial charge on any atom is -0.462 e. The molecule has 0 spiro atoms. The largest absolute Gasteiger partial charge is 0.462 e. The maximum absolute atomic E-state index is 12.7. The Kier molecular flexibility index (Phi) is 18.1. The topological polar surface area (TPSA) is 107 Å². The molecule has 0 saturated heterocycles. The van der Waals surface area contributed by atoms with E-state index in [1.54, 1.807) is 0 Å². The van der Waals surface area contributed by atoms with Gasteiger partial charge in [-0.15, -0.1) is 0 Å². The number of hydrogen-bond acceptors (Lipinski definition) is 6. The van der Waals surface area contributed by atoms with Crippen molar-refractivity contribution in [2.45, 2.75) is 109 Å². The highest BCUT2D eigenvalue weighted by Crippen LogP contribution is 2.19. The van der Waals surface area contributed by atoms with Gasteiger partial charge < -0.3 is 9.47 Å². The molecule has 0 saturated carbocycles. The molecule has 0 amide bonds. The number of hydrogen-bond donors (Lipinski definition) is 1. The van der Waals surface area contributed by atoms with Gasteiger partial charge >= 0.3 is 11.9 Å². The molecule has 0 bridgehead atoms. The summed E-state index contributed by atoms with van der Waals surface area (Å²) < 4.78 is 43.1. The van der Waals surface area contributed by atoms with Crippen LogP contribution in [0.15, 0.2) is 47.4 Å². The summed E-state index contributed by atoms with van der Waals surface area (Å²) in [6.07, 6.45) is 22.9. The maximum Gasteiger partial charge on any atom is 0.339 e. The Bertz CT molecular complexity index is 980. The Hall–Kier alpha value is -2.45. The Morgan fingerprint density at radius 2 is 1.13 bits per heavy atom. The highest BCUT2D eigenvalue weighted by Gasteiger charge is 2.23. The van der Waals surface area contributed by atoms with E-state index >= 15 is 0 Å². The predicted octanol–water partition coefficient (Wildman–Crippen LogP) is 7.86. The first-order valence-corrected chi connectivity index (χ1v) is 15.5. The Labute approximate surface area is 229 Å². The highest BCUT2D eigenvalue weighted by molar-refractivity contribution is 7.85. The van der Waals surface area contributed by atoms with Crippen molar-refractivity contribution in [3.8, 4) is 0 Å². The van der Waals surface area contributed by atoms with Gasteiger partial charge in [-0.3, -0.25) is 4.55 Å². The Morgan fingerprint density at radius 3 is 1.58 bits per heavy atom. The van der Waals surface area contributed by atoms with Crippen molar-refractivity contribution in [3.05, 3.63) is 53.6 Å². The third-order valence-corrected chi connectivity index (χ3v) is 6.86. The lowest BCUT2D eigenvalue weighted by atomic mass is 10.1. The van der Waals surface area contributed by atoms with Crippen molar-refractivity contribution in [2.24, 2.45) is 0 Å². The number of ether oxygens (including phenoxy) is 2. The molecule has 0 radical (unpaired) electrons. The van der Waals surface area contributed by atoms with E-state index in [0.717, 1.165) is 44.2 Å². The summed E-state index contributed by atoms with van der Waals surface area (Å²) in [7, 11) is -4.56. The summed E-state index contributed by atoms with van der Waals surface area (Å²) in [4.78, 5) is 24.8. The maximum atomic E-state index is 12.7. The number of carbonyl (C=O) groups excluding carboxylic acids is 2. The fourth-order valence-electron chi connectivity index (χ4n) is 3.77. The summed E-state index contributed by atoms with van der Waals surface area (Å²) in [5, 5.41) is 0. The van der Waals surface area contributed by atoms with E-state index in [4.69, 9.17) is 9.47 Å². The molecule has 8 heteroatoms. The normalized spacial score (nSPS) is 11.9. The van der Waals surface area contributed by atoms with Gasteiger partial charge in [-0.05, 0) is 69.6 Å². The van der Waals surface area contributed by atoms with Crippen molar-refractivity contribution in [2.75, 3.05) is 13.2 Å². The molecule has 7 nitrogen and oxygen atoms in total. The van der Waals surface area contributed by atoms with Crippen molar-refractivity contribution in [1.82, 2.24) is 0 Å². The van der Waals surface area contributed by atoms with Crippen LogP contribution in [0.2, 0.25) is 0 Å². The summed E-state index contributed by atoms with van der Waals surface area (Å²) in [6, 6.07) is 3.18. The minimum absolute atomic E-state index is 0.0964. The van der Waals surface area contributed by atoms with E-state index in [-0.39, 0.29) is 24.3 Å². The summed E-state index contributed by atoms with van der Waals surface area (Å²) in [5.41, 5.74) is -0.343. The molecule has 0 aliphatic carbocycles. The van der Waals surface area contributed by atoms with Gasteiger partial charge in [0.05, 0.1) is 29.2 Å². The molecule has 1 N–H and O–H groups in total. The first-order valence-electron chi connectivity index (χ1n) is 14.1. The van der Waals surface area contributed by atoms with Crippen LogP contribution in [0.4, 0.5) is 0 Å². The second-order valence-corrected chi connectivity index (χ2v) is 10.8. The quantitative estimate of drug-likeness (QED) is 0.0718. The molecule has 1 rings (SSSR count). The average Bonchev–Trinajstić information content (AvgIpc) is 2.89. The van der Waals surface area contributed by atoms with Gasteiger partial charge in [0.1, 0.15) is 0 Å². The van der Waals surface area contributed by atoms with Crippen LogP contribution in [0.5, 0.6) is 0 Å². The predicted molar refractivity (Wildman–Crippen MR) is 151 cm³/mol. The van der Waals surface area contributed by atoms with Gasteiger partial charge in [0.25, 0.3) is 10.1 Å². The van der Waals surface area contributed by atoms with Crippen molar-refractivity contribution < 1.29 is 32.0 Å². The van der Waals surface area contributed by atoms with Crippen molar-refractivity contribution in [1.29, 1.82) is 0 Å². The minimum atomic E-state index is -4.56. The molecule has 0 unspecified atom stereocenters. The zero-order valence-corrected chi connectivity index (χ0v) is 24.0. The number of rotatable bonds is 21. The van der Waals surface area contributed by atoms with Crippen LogP contribution in [0.25, 0.3) is 0 Å². The molecule has 0 fully saturated rings. The lowest BCUT2D eigenvalue weighted by Gasteiger charge is -2.11. The third-order valence-electron chi connectivity index (χ3n) is 6.01. The number of esters is 2. The average molecular weight is 551 g/mol. The molecule has 1 aromatic carbocycles. The van der Waals surface area contributed by atoms with Crippen molar-refractivity contribution in [3.63, 3.8) is 0 Å². The molecule has 1 aromatic rings. The van der Waals surface area contributed by atoms with E-state index in [2.05, 4.69) is 38.2 Å². The van der Waals surface area contributed by atoms with E-state index in [1.807, 2.05) is 0 Å².